The normalized spacial score (nSPS) is 38.5. The van der Waals surface area contributed by atoms with E-state index < -0.39 is 11.0 Å². The zero-order chi connectivity index (χ0) is 22.4. The summed E-state index contributed by atoms with van der Waals surface area (Å²) in [6, 6.07) is 9.69. The smallest absolute Gasteiger partial charge is 0.331 e. The molecule has 3 fully saturated rings. The fraction of sp³-hybridized carbons (Fsp3) is 0.615. The summed E-state index contributed by atoms with van der Waals surface area (Å²) in [5.41, 5.74) is -0.448. The largest absolute Gasteiger partial charge is 0.462 e. The van der Waals surface area contributed by atoms with Crippen LogP contribution in [0.25, 0.3) is 6.08 Å². The number of carbonyl (C=O) groups is 2. The molecule has 2 saturated carbocycles. The standard InChI is InChI=1S/C26H34O5/c1-17-11-13-21(29-18(2)27)25(5)22(15-20-16-26(17,25)31-24(20,3)4)30-23(28)14-12-19-9-7-6-8-10-19/h6-10,12,14,17,20-22H,11,13,15-16H2,1-5H3/b14-12+/t17-,20?,21+,22+,25+,26?/m1/s1. The van der Waals surface area contributed by atoms with Crippen molar-refractivity contribution in [2.24, 2.45) is 17.3 Å². The van der Waals surface area contributed by atoms with E-state index in [1.54, 1.807) is 6.08 Å². The van der Waals surface area contributed by atoms with E-state index in [4.69, 9.17) is 14.2 Å². The van der Waals surface area contributed by atoms with Crippen LogP contribution in [0.1, 0.15) is 65.9 Å². The summed E-state index contributed by atoms with van der Waals surface area (Å²) in [5, 5.41) is 0. The van der Waals surface area contributed by atoms with Crippen molar-refractivity contribution in [3.63, 3.8) is 0 Å². The summed E-state index contributed by atoms with van der Waals surface area (Å²) in [6.45, 7) is 10.0. The van der Waals surface area contributed by atoms with Crippen molar-refractivity contribution >= 4 is 18.0 Å². The molecule has 168 valence electrons. The molecular formula is C26H34O5. The molecule has 5 heteroatoms. The molecule has 0 radical (unpaired) electrons. The Kier molecular flexibility index (Phi) is 5.53. The quantitative estimate of drug-likeness (QED) is 0.504. The number of rotatable bonds is 4. The maximum absolute atomic E-state index is 12.8. The van der Waals surface area contributed by atoms with E-state index >= 15 is 0 Å². The molecule has 1 aromatic rings. The second kappa shape index (κ2) is 7.77. The molecule has 2 unspecified atom stereocenters. The topological polar surface area (TPSA) is 61.8 Å². The monoisotopic (exact) mass is 426 g/mol. The lowest BCUT2D eigenvalue weighted by atomic mass is 9.50. The van der Waals surface area contributed by atoms with Crippen LogP contribution in [0.2, 0.25) is 0 Å². The van der Waals surface area contributed by atoms with Gasteiger partial charge in [-0.2, -0.15) is 0 Å². The minimum Gasteiger partial charge on any atom is -0.462 e. The van der Waals surface area contributed by atoms with E-state index in [0.29, 0.717) is 6.42 Å². The third-order valence-electron chi connectivity index (χ3n) is 8.16. The van der Waals surface area contributed by atoms with Crippen LogP contribution in [0.15, 0.2) is 36.4 Å². The van der Waals surface area contributed by atoms with Crippen molar-refractivity contribution in [3.8, 4) is 0 Å². The molecule has 3 aliphatic rings. The Bertz CT molecular complexity index is 875. The van der Waals surface area contributed by atoms with Crippen LogP contribution in [0, 0.1) is 17.3 Å². The van der Waals surface area contributed by atoms with Crippen molar-refractivity contribution in [1.82, 2.24) is 0 Å². The van der Waals surface area contributed by atoms with Gasteiger partial charge in [-0.1, -0.05) is 37.3 Å². The minimum atomic E-state index is -0.600. The lowest BCUT2D eigenvalue weighted by molar-refractivity contribution is -0.261. The fourth-order valence-electron chi connectivity index (χ4n) is 6.39. The Balaban J connectivity index is 1.66. The van der Waals surface area contributed by atoms with Crippen molar-refractivity contribution in [2.75, 3.05) is 0 Å². The molecule has 0 amide bonds. The average molecular weight is 427 g/mol. The van der Waals surface area contributed by atoms with Crippen LogP contribution in [0.5, 0.6) is 0 Å². The first kappa shape index (κ1) is 22.1. The molecular weight excluding hydrogens is 392 g/mol. The first-order chi connectivity index (χ1) is 14.6. The van der Waals surface area contributed by atoms with Gasteiger partial charge in [-0.3, -0.25) is 4.79 Å². The predicted octanol–water partition coefficient (Wildman–Crippen LogP) is 4.94. The van der Waals surface area contributed by atoms with E-state index in [-0.39, 0.29) is 41.6 Å². The number of benzene rings is 1. The highest BCUT2D eigenvalue weighted by Crippen LogP contribution is 2.66. The summed E-state index contributed by atoms with van der Waals surface area (Å²) >= 11 is 0. The van der Waals surface area contributed by atoms with Gasteiger partial charge < -0.3 is 14.2 Å². The van der Waals surface area contributed by atoms with Crippen LogP contribution in [0.3, 0.4) is 0 Å². The first-order valence-corrected chi connectivity index (χ1v) is 11.4. The van der Waals surface area contributed by atoms with E-state index in [0.717, 1.165) is 24.8 Å². The van der Waals surface area contributed by atoms with Gasteiger partial charge in [0, 0.05) is 13.0 Å². The van der Waals surface area contributed by atoms with Gasteiger partial charge in [0.1, 0.15) is 12.2 Å². The molecule has 4 rings (SSSR count). The Morgan fingerprint density at radius 1 is 1.06 bits per heavy atom. The molecule has 0 aromatic heterocycles. The second-order valence-corrected chi connectivity index (χ2v) is 10.3. The number of fused-ring (bicyclic) bond motifs is 1. The molecule has 1 spiro atoms. The summed E-state index contributed by atoms with van der Waals surface area (Å²) in [4.78, 5) is 24.8. The van der Waals surface area contributed by atoms with Gasteiger partial charge in [-0.05, 0) is 69.9 Å². The van der Waals surface area contributed by atoms with Crippen LogP contribution < -0.4 is 0 Å². The van der Waals surface area contributed by atoms with Crippen molar-refractivity contribution in [1.29, 1.82) is 0 Å². The van der Waals surface area contributed by atoms with Gasteiger partial charge in [0.05, 0.1) is 16.6 Å². The Hall–Kier alpha value is -2.14. The number of hydrogen-bond acceptors (Lipinski definition) is 5. The van der Waals surface area contributed by atoms with Crippen molar-refractivity contribution < 1.29 is 23.8 Å². The maximum atomic E-state index is 12.8. The molecule has 1 saturated heterocycles. The van der Waals surface area contributed by atoms with E-state index in [9.17, 15) is 9.59 Å². The highest BCUT2D eigenvalue weighted by atomic mass is 16.6. The molecule has 2 bridgehead atoms. The number of carbonyl (C=O) groups excluding carboxylic acids is 2. The van der Waals surface area contributed by atoms with E-state index in [1.807, 2.05) is 30.3 Å². The third-order valence-corrected chi connectivity index (χ3v) is 8.16. The Morgan fingerprint density at radius 3 is 2.45 bits per heavy atom. The average Bonchev–Trinajstić information content (AvgIpc) is 2.95. The molecule has 0 N–H and O–H groups in total. The molecule has 1 heterocycles. The molecule has 1 aromatic carbocycles. The van der Waals surface area contributed by atoms with Gasteiger partial charge in [0.15, 0.2) is 0 Å². The fourth-order valence-corrected chi connectivity index (χ4v) is 6.39. The highest BCUT2D eigenvalue weighted by Gasteiger charge is 2.73. The highest BCUT2D eigenvalue weighted by molar-refractivity contribution is 5.87. The summed E-state index contributed by atoms with van der Waals surface area (Å²) in [5.74, 6) is -0.0987. The maximum Gasteiger partial charge on any atom is 0.331 e. The first-order valence-electron chi connectivity index (χ1n) is 11.4. The van der Waals surface area contributed by atoms with Gasteiger partial charge in [0.25, 0.3) is 0 Å². The minimum absolute atomic E-state index is 0.287. The lowest BCUT2D eigenvalue weighted by Gasteiger charge is -2.60. The lowest BCUT2D eigenvalue weighted by Crippen LogP contribution is -2.67. The molecule has 2 aliphatic carbocycles. The number of esters is 2. The summed E-state index contributed by atoms with van der Waals surface area (Å²) < 4.78 is 18.8. The molecule has 6 atom stereocenters. The Morgan fingerprint density at radius 2 is 1.77 bits per heavy atom. The van der Waals surface area contributed by atoms with Crippen LogP contribution in [-0.2, 0) is 23.8 Å². The van der Waals surface area contributed by atoms with E-state index in [2.05, 4.69) is 27.7 Å². The van der Waals surface area contributed by atoms with E-state index in [1.165, 1.54) is 13.0 Å². The second-order valence-electron chi connectivity index (χ2n) is 10.3. The predicted molar refractivity (Wildman–Crippen MR) is 118 cm³/mol. The Labute approximate surface area is 185 Å². The van der Waals surface area contributed by atoms with Crippen LogP contribution in [-0.4, -0.2) is 35.3 Å². The molecule has 31 heavy (non-hydrogen) atoms. The van der Waals surface area contributed by atoms with Gasteiger partial charge in [0.2, 0.25) is 0 Å². The molecule has 5 nitrogen and oxygen atoms in total. The van der Waals surface area contributed by atoms with Crippen LogP contribution >= 0.6 is 0 Å². The third kappa shape index (κ3) is 3.61. The number of ether oxygens (including phenoxy) is 3. The number of hydrogen-bond donors (Lipinski definition) is 0. The van der Waals surface area contributed by atoms with Crippen molar-refractivity contribution in [2.45, 2.75) is 83.7 Å². The van der Waals surface area contributed by atoms with Gasteiger partial charge >= 0.3 is 11.9 Å². The van der Waals surface area contributed by atoms with Gasteiger partial charge in [-0.25, -0.2) is 4.79 Å². The summed E-state index contributed by atoms with van der Waals surface area (Å²) in [6.07, 6.45) is 5.82. The summed E-state index contributed by atoms with van der Waals surface area (Å²) in [7, 11) is 0. The zero-order valence-electron chi connectivity index (χ0n) is 19.2. The zero-order valence-corrected chi connectivity index (χ0v) is 19.2. The van der Waals surface area contributed by atoms with Gasteiger partial charge in [-0.15, -0.1) is 0 Å². The SMILES string of the molecule is CC(=O)O[C@H]1CC[C@@H](C)C23CC(C[C@H](OC(=O)/C=C/c4ccccc4)[C@]12C)C(C)(C)O3. The molecule has 1 aliphatic heterocycles. The van der Waals surface area contributed by atoms with Crippen LogP contribution in [0.4, 0.5) is 0 Å². The van der Waals surface area contributed by atoms with Crippen molar-refractivity contribution in [3.05, 3.63) is 42.0 Å².